The number of nitrogens with zero attached hydrogens (tertiary/aromatic N) is 6. The van der Waals surface area contributed by atoms with E-state index in [0.29, 0.717) is 11.8 Å². The Labute approximate surface area is 191 Å². The summed E-state index contributed by atoms with van der Waals surface area (Å²) < 4.78 is 0. The Morgan fingerprint density at radius 1 is 1.00 bits per heavy atom. The van der Waals surface area contributed by atoms with E-state index < -0.39 is 0 Å². The van der Waals surface area contributed by atoms with E-state index in [0.717, 1.165) is 31.0 Å². The molecular formula is C25H33N7. The van der Waals surface area contributed by atoms with Crippen LogP contribution in [0.3, 0.4) is 0 Å². The van der Waals surface area contributed by atoms with Gasteiger partial charge in [0.05, 0.1) is 6.21 Å². The van der Waals surface area contributed by atoms with Crippen molar-refractivity contribution in [1.29, 1.82) is 0 Å². The molecule has 168 valence electrons. The quantitative estimate of drug-likeness (QED) is 0.439. The van der Waals surface area contributed by atoms with Gasteiger partial charge in [0.15, 0.2) is 0 Å². The molecule has 7 heteroatoms. The molecule has 1 aliphatic rings. The maximum atomic E-state index is 4.48. The van der Waals surface area contributed by atoms with Crippen molar-refractivity contribution in [2.75, 3.05) is 23.4 Å². The molecule has 0 radical (unpaired) electrons. The van der Waals surface area contributed by atoms with E-state index in [1.165, 1.54) is 36.9 Å². The minimum absolute atomic E-state index is 0.488. The molecule has 3 aromatic rings. The summed E-state index contributed by atoms with van der Waals surface area (Å²) in [7, 11) is 0. The molecule has 0 unspecified atom stereocenters. The van der Waals surface area contributed by atoms with Gasteiger partial charge in [0.2, 0.25) is 11.9 Å². The van der Waals surface area contributed by atoms with Gasteiger partial charge in [-0.15, -0.1) is 0 Å². The first-order valence-electron chi connectivity index (χ1n) is 11.4. The lowest BCUT2D eigenvalue weighted by Crippen LogP contribution is -2.31. The SMILES string of the molecule is CCCc1ccccn1.Cc1cccc(/C=N/Nc2nc(C)nc(N3CCCCC3)n2)c1. The third-order valence-corrected chi connectivity index (χ3v) is 5.03. The van der Waals surface area contributed by atoms with Gasteiger partial charge in [-0.25, -0.2) is 5.43 Å². The lowest BCUT2D eigenvalue weighted by molar-refractivity contribution is 0.566. The van der Waals surface area contributed by atoms with Gasteiger partial charge in [-0.3, -0.25) is 4.98 Å². The van der Waals surface area contributed by atoms with Crippen molar-refractivity contribution in [2.24, 2.45) is 5.10 Å². The molecular weight excluding hydrogens is 398 g/mol. The number of nitrogens with one attached hydrogen (secondary N) is 1. The van der Waals surface area contributed by atoms with Crippen molar-refractivity contribution in [1.82, 2.24) is 19.9 Å². The number of hydrazone groups is 1. The summed E-state index contributed by atoms with van der Waals surface area (Å²) in [6, 6.07) is 14.2. The zero-order valence-corrected chi connectivity index (χ0v) is 19.3. The second-order valence-corrected chi connectivity index (χ2v) is 7.91. The number of aromatic nitrogens is 4. The average molecular weight is 432 g/mol. The molecule has 0 bridgehead atoms. The Hall–Kier alpha value is -3.35. The van der Waals surface area contributed by atoms with E-state index in [1.54, 1.807) is 6.21 Å². The molecule has 32 heavy (non-hydrogen) atoms. The lowest BCUT2D eigenvalue weighted by Gasteiger charge is -2.26. The number of anilines is 2. The summed E-state index contributed by atoms with van der Waals surface area (Å²) in [5, 5.41) is 4.23. The summed E-state index contributed by atoms with van der Waals surface area (Å²) in [5.41, 5.74) is 6.36. The fourth-order valence-corrected chi connectivity index (χ4v) is 3.47. The highest BCUT2D eigenvalue weighted by atomic mass is 15.4. The number of aryl methyl sites for hydroxylation is 3. The van der Waals surface area contributed by atoms with Crippen LogP contribution < -0.4 is 10.3 Å². The standard InChI is InChI=1S/C17H22N6.C8H11N/c1-13-7-6-8-15(11-13)12-18-22-16-19-14(2)20-17(21-16)23-9-4-3-5-10-23;1-2-5-8-6-3-4-7-9-8/h6-8,11-12H,3-5,9-10H2,1-2H3,(H,19,20,21,22);3-4,6-7H,2,5H2,1H3/b18-12+;. The van der Waals surface area contributed by atoms with Crippen molar-refractivity contribution in [3.05, 3.63) is 71.3 Å². The van der Waals surface area contributed by atoms with E-state index in [-0.39, 0.29) is 0 Å². The van der Waals surface area contributed by atoms with Gasteiger partial charge in [0.1, 0.15) is 5.82 Å². The average Bonchev–Trinajstić information content (AvgIpc) is 2.81. The number of piperidine rings is 1. The number of hydrogen-bond acceptors (Lipinski definition) is 7. The van der Waals surface area contributed by atoms with E-state index in [1.807, 2.05) is 37.4 Å². The minimum atomic E-state index is 0.488. The van der Waals surface area contributed by atoms with Gasteiger partial charge < -0.3 is 4.90 Å². The monoisotopic (exact) mass is 431 g/mol. The van der Waals surface area contributed by atoms with E-state index in [4.69, 9.17) is 0 Å². The Morgan fingerprint density at radius 3 is 2.56 bits per heavy atom. The zero-order valence-electron chi connectivity index (χ0n) is 19.3. The van der Waals surface area contributed by atoms with Gasteiger partial charge in [-0.05, 0) is 57.2 Å². The van der Waals surface area contributed by atoms with Crippen LogP contribution in [0.4, 0.5) is 11.9 Å². The number of hydrogen-bond donors (Lipinski definition) is 1. The van der Waals surface area contributed by atoms with Crippen LogP contribution in [0.5, 0.6) is 0 Å². The summed E-state index contributed by atoms with van der Waals surface area (Å²) >= 11 is 0. The molecule has 0 spiro atoms. The summed E-state index contributed by atoms with van der Waals surface area (Å²) in [6.07, 6.45) is 9.56. The zero-order chi connectivity index (χ0) is 22.6. The van der Waals surface area contributed by atoms with Crippen LogP contribution in [-0.4, -0.2) is 39.2 Å². The van der Waals surface area contributed by atoms with Crippen molar-refractivity contribution >= 4 is 18.1 Å². The van der Waals surface area contributed by atoms with E-state index >= 15 is 0 Å². The molecule has 0 aliphatic carbocycles. The lowest BCUT2D eigenvalue weighted by atomic mass is 10.1. The Balaban J connectivity index is 0.000000269. The number of pyridine rings is 1. The fraction of sp³-hybridized carbons (Fsp3) is 0.400. The molecule has 1 saturated heterocycles. The fourth-order valence-electron chi connectivity index (χ4n) is 3.47. The van der Waals surface area contributed by atoms with Crippen LogP contribution in [0.15, 0.2) is 53.8 Å². The molecule has 4 rings (SSSR count). The smallest absolute Gasteiger partial charge is 0.248 e. The predicted molar refractivity (Wildman–Crippen MR) is 131 cm³/mol. The van der Waals surface area contributed by atoms with Crippen LogP contribution in [0, 0.1) is 13.8 Å². The maximum absolute atomic E-state index is 4.48. The van der Waals surface area contributed by atoms with Crippen LogP contribution in [0.1, 0.15) is 55.3 Å². The highest BCUT2D eigenvalue weighted by Crippen LogP contribution is 2.16. The maximum Gasteiger partial charge on any atom is 0.248 e. The Morgan fingerprint density at radius 2 is 1.84 bits per heavy atom. The van der Waals surface area contributed by atoms with Crippen molar-refractivity contribution in [3.8, 4) is 0 Å². The van der Waals surface area contributed by atoms with Crippen LogP contribution in [0.2, 0.25) is 0 Å². The van der Waals surface area contributed by atoms with Gasteiger partial charge in [-0.1, -0.05) is 49.2 Å². The first kappa shape index (κ1) is 23.3. The third kappa shape index (κ3) is 7.72. The Bertz CT molecular complexity index is 983. The largest absolute Gasteiger partial charge is 0.341 e. The summed E-state index contributed by atoms with van der Waals surface area (Å²) in [4.78, 5) is 19.6. The second kappa shape index (κ2) is 12.5. The first-order valence-corrected chi connectivity index (χ1v) is 11.4. The molecule has 0 saturated carbocycles. The van der Waals surface area contributed by atoms with E-state index in [2.05, 4.69) is 67.4 Å². The number of benzene rings is 1. The summed E-state index contributed by atoms with van der Waals surface area (Å²) in [6.45, 7) is 8.12. The highest BCUT2D eigenvalue weighted by molar-refractivity contribution is 5.80. The molecule has 7 nitrogen and oxygen atoms in total. The molecule has 3 heterocycles. The van der Waals surface area contributed by atoms with Crippen molar-refractivity contribution in [2.45, 2.75) is 52.9 Å². The molecule has 1 aromatic carbocycles. The van der Waals surface area contributed by atoms with Crippen LogP contribution >= 0.6 is 0 Å². The van der Waals surface area contributed by atoms with Crippen molar-refractivity contribution < 1.29 is 0 Å². The molecule has 1 aliphatic heterocycles. The summed E-state index contributed by atoms with van der Waals surface area (Å²) in [5.74, 6) is 1.93. The molecule has 0 atom stereocenters. The van der Waals surface area contributed by atoms with Crippen LogP contribution in [-0.2, 0) is 6.42 Å². The number of rotatable bonds is 6. The van der Waals surface area contributed by atoms with Gasteiger partial charge in [0.25, 0.3) is 0 Å². The molecule has 1 N–H and O–H groups in total. The topological polar surface area (TPSA) is 79.2 Å². The predicted octanol–water partition coefficient (Wildman–Crippen LogP) is 4.96. The Kier molecular flexibility index (Phi) is 9.10. The molecule has 2 aromatic heterocycles. The first-order chi connectivity index (χ1) is 15.6. The molecule has 0 amide bonds. The molecule has 1 fully saturated rings. The van der Waals surface area contributed by atoms with Crippen LogP contribution in [0.25, 0.3) is 0 Å². The minimum Gasteiger partial charge on any atom is -0.341 e. The highest BCUT2D eigenvalue weighted by Gasteiger charge is 2.15. The van der Waals surface area contributed by atoms with Gasteiger partial charge in [0, 0.05) is 25.0 Å². The van der Waals surface area contributed by atoms with Gasteiger partial charge >= 0.3 is 0 Å². The van der Waals surface area contributed by atoms with Crippen molar-refractivity contribution in [3.63, 3.8) is 0 Å². The second-order valence-electron chi connectivity index (χ2n) is 7.91. The normalized spacial score (nSPS) is 13.5. The third-order valence-electron chi connectivity index (χ3n) is 5.03. The van der Waals surface area contributed by atoms with E-state index in [9.17, 15) is 0 Å². The van der Waals surface area contributed by atoms with Gasteiger partial charge in [-0.2, -0.15) is 20.1 Å².